The fourth-order valence-corrected chi connectivity index (χ4v) is 2.20. The van der Waals surface area contributed by atoms with Gasteiger partial charge >= 0.3 is 0 Å². The molecule has 1 fully saturated rings. The van der Waals surface area contributed by atoms with Crippen LogP contribution in [0.5, 0.6) is 0 Å². The second kappa shape index (κ2) is 5.07. The Labute approximate surface area is 118 Å². The molecular formula is C15H18N4O. The van der Waals surface area contributed by atoms with Gasteiger partial charge in [-0.2, -0.15) is 0 Å². The van der Waals surface area contributed by atoms with E-state index in [1.807, 2.05) is 37.3 Å². The van der Waals surface area contributed by atoms with Gasteiger partial charge in [-0.3, -0.25) is 9.89 Å². The highest BCUT2D eigenvalue weighted by molar-refractivity contribution is 5.90. The second-order valence-corrected chi connectivity index (χ2v) is 5.32. The molecule has 1 heterocycles. The monoisotopic (exact) mass is 270 g/mol. The molecule has 1 unspecified atom stereocenters. The van der Waals surface area contributed by atoms with Gasteiger partial charge in [0.05, 0.1) is 6.04 Å². The minimum absolute atomic E-state index is 0.00780. The molecule has 1 amide bonds. The van der Waals surface area contributed by atoms with Crippen LogP contribution < -0.4 is 0 Å². The van der Waals surface area contributed by atoms with Crippen molar-refractivity contribution in [3.8, 4) is 0 Å². The first-order valence-corrected chi connectivity index (χ1v) is 6.91. The average Bonchev–Trinajstić information content (AvgIpc) is 3.23. The zero-order valence-electron chi connectivity index (χ0n) is 11.7. The summed E-state index contributed by atoms with van der Waals surface area (Å²) < 4.78 is 0. The Bertz CT molecular complexity index is 603. The lowest BCUT2D eigenvalue weighted by Gasteiger charge is -2.24. The Morgan fingerprint density at radius 3 is 2.70 bits per heavy atom. The van der Waals surface area contributed by atoms with E-state index < -0.39 is 0 Å². The molecule has 0 aliphatic heterocycles. The van der Waals surface area contributed by atoms with Crippen LogP contribution >= 0.6 is 0 Å². The molecule has 1 aliphatic carbocycles. The van der Waals surface area contributed by atoms with Crippen molar-refractivity contribution in [2.45, 2.75) is 31.7 Å². The van der Waals surface area contributed by atoms with Crippen molar-refractivity contribution in [1.29, 1.82) is 0 Å². The number of hydrogen-bond donors (Lipinski definition) is 1. The topological polar surface area (TPSA) is 61.9 Å². The summed E-state index contributed by atoms with van der Waals surface area (Å²) >= 11 is 0. The molecule has 0 spiro atoms. The molecule has 0 saturated heterocycles. The fraction of sp³-hybridized carbons (Fsp3) is 0.400. The summed E-state index contributed by atoms with van der Waals surface area (Å²) in [6.45, 7) is 2.00. The Kier molecular flexibility index (Phi) is 3.26. The number of hydrogen-bond acceptors (Lipinski definition) is 3. The van der Waals surface area contributed by atoms with Gasteiger partial charge in [0.1, 0.15) is 5.82 Å². The summed E-state index contributed by atoms with van der Waals surface area (Å²) in [6.07, 6.45) is 2.28. The van der Waals surface area contributed by atoms with Crippen LogP contribution in [0.3, 0.4) is 0 Å². The second-order valence-electron chi connectivity index (χ2n) is 5.32. The van der Waals surface area contributed by atoms with Crippen LogP contribution in [0.2, 0.25) is 0 Å². The zero-order chi connectivity index (χ0) is 14.1. The third-order valence-electron chi connectivity index (χ3n) is 3.84. The minimum Gasteiger partial charge on any atom is -0.332 e. The first-order valence-electron chi connectivity index (χ1n) is 6.91. The van der Waals surface area contributed by atoms with Crippen molar-refractivity contribution in [2.24, 2.45) is 0 Å². The molecule has 5 heteroatoms. The number of nitrogens with zero attached hydrogens (tertiary/aromatic N) is 3. The predicted molar refractivity (Wildman–Crippen MR) is 75.3 cm³/mol. The maximum absolute atomic E-state index is 12.4. The number of nitrogens with one attached hydrogen (secondary N) is 1. The highest BCUT2D eigenvalue weighted by Gasteiger charge is 2.29. The lowest BCUT2D eigenvalue weighted by Crippen LogP contribution is -2.30. The van der Waals surface area contributed by atoms with Gasteiger partial charge in [0, 0.05) is 13.0 Å². The number of H-pyrrole nitrogens is 1. The summed E-state index contributed by atoms with van der Waals surface area (Å²) in [5.41, 5.74) is 1.10. The van der Waals surface area contributed by atoms with Gasteiger partial charge in [-0.05, 0) is 25.3 Å². The van der Waals surface area contributed by atoms with Crippen molar-refractivity contribution in [3.05, 3.63) is 47.5 Å². The maximum atomic E-state index is 12.4. The lowest BCUT2D eigenvalue weighted by molar-refractivity contribution is 0.0730. The van der Waals surface area contributed by atoms with Gasteiger partial charge in [-0.15, -0.1) is 5.10 Å². The number of amides is 1. The molecule has 1 N–H and O–H groups in total. The smallest absolute Gasteiger partial charge is 0.293 e. The molecular weight excluding hydrogens is 252 g/mol. The third kappa shape index (κ3) is 2.43. The first-order chi connectivity index (χ1) is 9.66. The number of rotatable bonds is 4. The fourth-order valence-electron chi connectivity index (χ4n) is 2.20. The van der Waals surface area contributed by atoms with Crippen LogP contribution in [-0.4, -0.2) is 33.0 Å². The molecule has 104 valence electrons. The Morgan fingerprint density at radius 2 is 2.05 bits per heavy atom. The molecule has 5 nitrogen and oxygen atoms in total. The number of carbonyl (C=O) groups is 1. The number of aromatic amines is 1. The van der Waals surface area contributed by atoms with E-state index in [0.717, 1.165) is 24.2 Å². The molecule has 1 saturated carbocycles. The Morgan fingerprint density at radius 1 is 1.35 bits per heavy atom. The normalized spacial score (nSPS) is 15.9. The van der Waals surface area contributed by atoms with Crippen LogP contribution in [0.25, 0.3) is 0 Å². The maximum Gasteiger partial charge on any atom is 0.293 e. The van der Waals surface area contributed by atoms with Gasteiger partial charge in [-0.25, -0.2) is 4.98 Å². The molecule has 1 aromatic heterocycles. The van der Waals surface area contributed by atoms with Crippen LogP contribution in [0, 0.1) is 0 Å². The van der Waals surface area contributed by atoms with Crippen LogP contribution in [0.1, 0.15) is 53.7 Å². The summed E-state index contributed by atoms with van der Waals surface area (Å²) in [5.74, 6) is 1.43. The molecule has 1 atom stereocenters. The summed E-state index contributed by atoms with van der Waals surface area (Å²) in [5, 5.41) is 6.92. The van der Waals surface area contributed by atoms with Gasteiger partial charge in [0.15, 0.2) is 0 Å². The molecule has 3 rings (SSSR count). The highest BCUT2D eigenvalue weighted by Crippen LogP contribution is 2.37. The molecule has 1 aliphatic rings. The molecule has 20 heavy (non-hydrogen) atoms. The van der Waals surface area contributed by atoms with E-state index in [4.69, 9.17) is 0 Å². The molecule has 0 radical (unpaired) electrons. The SMILES string of the molecule is CC(c1ccccc1)N(C)C(=O)c1n[nH]c(C2CC2)n1. The lowest BCUT2D eigenvalue weighted by atomic mass is 10.1. The summed E-state index contributed by atoms with van der Waals surface area (Å²) in [6, 6.07) is 9.94. The van der Waals surface area contributed by atoms with Gasteiger partial charge in [0.2, 0.25) is 5.82 Å². The van der Waals surface area contributed by atoms with E-state index in [0.29, 0.717) is 5.92 Å². The molecule has 1 aromatic carbocycles. The minimum atomic E-state index is -0.149. The molecule has 2 aromatic rings. The zero-order valence-corrected chi connectivity index (χ0v) is 11.7. The summed E-state index contributed by atoms with van der Waals surface area (Å²) in [7, 11) is 1.78. The predicted octanol–water partition coefficient (Wildman–Crippen LogP) is 2.52. The van der Waals surface area contributed by atoms with E-state index >= 15 is 0 Å². The van der Waals surface area contributed by atoms with E-state index in [1.54, 1.807) is 11.9 Å². The van der Waals surface area contributed by atoms with Crippen LogP contribution in [0.15, 0.2) is 30.3 Å². The van der Waals surface area contributed by atoms with Crippen molar-refractivity contribution in [1.82, 2.24) is 20.1 Å². The highest BCUT2D eigenvalue weighted by atomic mass is 16.2. The van der Waals surface area contributed by atoms with E-state index in [-0.39, 0.29) is 17.8 Å². The van der Waals surface area contributed by atoms with Gasteiger partial charge in [0.25, 0.3) is 5.91 Å². The van der Waals surface area contributed by atoms with Crippen LogP contribution in [-0.2, 0) is 0 Å². The molecule has 0 bridgehead atoms. The van der Waals surface area contributed by atoms with Crippen molar-refractivity contribution in [3.63, 3.8) is 0 Å². The van der Waals surface area contributed by atoms with E-state index in [1.165, 1.54) is 0 Å². The Balaban J connectivity index is 1.75. The van der Waals surface area contributed by atoms with Crippen molar-refractivity contribution in [2.75, 3.05) is 7.05 Å². The quantitative estimate of drug-likeness (QED) is 0.928. The van der Waals surface area contributed by atoms with Gasteiger partial charge in [-0.1, -0.05) is 30.3 Å². The van der Waals surface area contributed by atoms with Crippen molar-refractivity contribution >= 4 is 5.91 Å². The number of aromatic nitrogens is 3. The average molecular weight is 270 g/mol. The van der Waals surface area contributed by atoms with E-state index in [2.05, 4.69) is 15.2 Å². The third-order valence-corrected chi connectivity index (χ3v) is 3.84. The van der Waals surface area contributed by atoms with Gasteiger partial charge < -0.3 is 4.90 Å². The van der Waals surface area contributed by atoms with Crippen molar-refractivity contribution < 1.29 is 4.79 Å². The Hall–Kier alpha value is -2.17. The number of carbonyl (C=O) groups excluding carboxylic acids is 1. The van der Waals surface area contributed by atoms with Crippen LogP contribution in [0.4, 0.5) is 0 Å². The largest absolute Gasteiger partial charge is 0.332 e. The first kappa shape index (κ1) is 12.8. The summed E-state index contributed by atoms with van der Waals surface area (Å²) in [4.78, 5) is 18.4. The van der Waals surface area contributed by atoms with E-state index in [9.17, 15) is 4.79 Å². The number of benzene rings is 1. The standard InChI is InChI=1S/C15H18N4O/c1-10(11-6-4-3-5-7-11)19(2)15(20)14-16-13(17-18-14)12-8-9-12/h3-7,10,12H,8-9H2,1-2H3,(H,16,17,18).